The molecule has 3 rings (SSSR count). The van der Waals surface area contributed by atoms with E-state index in [1.54, 1.807) is 18.2 Å². The number of carbonyl (C=O) groups excluding carboxylic acids is 3. The molecule has 2 aliphatic rings. The minimum Gasteiger partial charge on any atom is -0.452 e. The van der Waals surface area contributed by atoms with Crippen molar-refractivity contribution < 1.29 is 19.1 Å². The molecule has 0 aromatic heterocycles. The number of carbonyl (C=O) groups is 3. The molecule has 0 radical (unpaired) electrons. The van der Waals surface area contributed by atoms with E-state index in [2.05, 4.69) is 24.5 Å². The van der Waals surface area contributed by atoms with Gasteiger partial charge in [0.2, 0.25) is 5.91 Å². The van der Waals surface area contributed by atoms with Gasteiger partial charge in [0.15, 0.2) is 6.61 Å². The van der Waals surface area contributed by atoms with Crippen molar-refractivity contribution >= 4 is 35.2 Å². The molecule has 1 aromatic carbocycles. The van der Waals surface area contributed by atoms with Crippen LogP contribution in [-0.2, 0) is 14.3 Å². The number of hydrogen-bond acceptors (Lipinski definition) is 5. The highest BCUT2D eigenvalue weighted by Crippen LogP contribution is 2.32. The summed E-state index contributed by atoms with van der Waals surface area (Å²) in [5, 5.41) is 5.72. The van der Waals surface area contributed by atoms with Gasteiger partial charge in [-0.2, -0.15) is 0 Å². The Kier molecular flexibility index (Phi) is 5.86. The maximum atomic E-state index is 12.2. The minimum absolute atomic E-state index is 0.0942. The smallest absolute Gasteiger partial charge is 0.338 e. The van der Waals surface area contributed by atoms with Gasteiger partial charge in [-0.1, -0.05) is 26.7 Å². The Labute approximate surface area is 157 Å². The van der Waals surface area contributed by atoms with Crippen molar-refractivity contribution in [3.8, 4) is 0 Å². The largest absolute Gasteiger partial charge is 0.452 e. The molecule has 1 fully saturated rings. The first-order valence-corrected chi connectivity index (χ1v) is 9.96. The molecule has 1 heterocycles. The van der Waals surface area contributed by atoms with Gasteiger partial charge in [0, 0.05) is 10.9 Å². The van der Waals surface area contributed by atoms with E-state index in [0.29, 0.717) is 28.8 Å². The number of fused-ring (bicyclic) bond motifs is 1. The third-order valence-corrected chi connectivity index (χ3v) is 6.31. The number of nitrogens with one attached hydrogen (secondary N) is 2. The first-order valence-electron chi connectivity index (χ1n) is 8.97. The summed E-state index contributed by atoms with van der Waals surface area (Å²) in [6, 6.07) is 5.15. The Morgan fingerprint density at radius 3 is 2.92 bits per heavy atom. The SMILES string of the molecule is CC1CCCC(NC(=O)COC(=O)c2ccc3c(c2)NC(=O)CS3)C1C. The van der Waals surface area contributed by atoms with Crippen LogP contribution < -0.4 is 10.6 Å². The molecule has 0 bridgehead atoms. The molecule has 0 saturated heterocycles. The lowest BCUT2D eigenvalue weighted by molar-refractivity contribution is -0.125. The van der Waals surface area contributed by atoms with E-state index in [4.69, 9.17) is 4.74 Å². The number of hydrogen-bond donors (Lipinski definition) is 2. The van der Waals surface area contributed by atoms with Gasteiger partial charge in [0.05, 0.1) is 17.0 Å². The molecule has 26 heavy (non-hydrogen) atoms. The molecule has 7 heteroatoms. The number of esters is 1. The van der Waals surface area contributed by atoms with Crippen LogP contribution in [0.25, 0.3) is 0 Å². The first-order chi connectivity index (χ1) is 12.4. The fraction of sp³-hybridized carbons (Fsp3) is 0.526. The van der Waals surface area contributed by atoms with E-state index in [9.17, 15) is 14.4 Å². The predicted octanol–water partition coefficient (Wildman–Crippen LogP) is 2.83. The highest BCUT2D eigenvalue weighted by Gasteiger charge is 2.28. The van der Waals surface area contributed by atoms with Gasteiger partial charge in [0.25, 0.3) is 5.91 Å². The third-order valence-electron chi connectivity index (χ3n) is 5.24. The maximum absolute atomic E-state index is 12.2. The summed E-state index contributed by atoms with van der Waals surface area (Å²) in [5.74, 6) is 0.437. The summed E-state index contributed by atoms with van der Waals surface area (Å²) in [5.41, 5.74) is 0.925. The fourth-order valence-electron chi connectivity index (χ4n) is 3.46. The first kappa shape index (κ1) is 18.8. The summed E-state index contributed by atoms with van der Waals surface area (Å²) < 4.78 is 5.14. The Hall–Kier alpha value is -2.02. The van der Waals surface area contributed by atoms with Gasteiger partial charge < -0.3 is 15.4 Å². The van der Waals surface area contributed by atoms with Crippen LogP contribution in [0.5, 0.6) is 0 Å². The standard InChI is InChI=1S/C19H24N2O4S/c1-11-4-3-5-14(12(11)2)20-17(22)9-25-19(24)13-6-7-16-15(8-13)21-18(23)10-26-16/h6-8,11-12,14H,3-5,9-10H2,1-2H3,(H,20,22)(H,21,23). The van der Waals surface area contributed by atoms with Crippen LogP contribution >= 0.6 is 11.8 Å². The normalized spacial score (nSPS) is 25.0. The Morgan fingerprint density at radius 1 is 1.31 bits per heavy atom. The minimum atomic E-state index is -0.571. The van der Waals surface area contributed by atoms with Crippen LogP contribution in [0.1, 0.15) is 43.5 Å². The quantitative estimate of drug-likeness (QED) is 0.790. The van der Waals surface area contributed by atoms with Crippen LogP contribution in [0.15, 0.2) is 23.1 Å². The van der Waals surface area contributed by atoms with Gasteiger partial charge in [-0.3, -0.25) is 9.59 Å². The zero-order valence-electron chi connectivity index (χ0n) is 15.0. The topological polar surface area (TPSA) is 84.5 Å². The maximum Gasteiger partial charge on any atom is 0.338 e. The van der Waals surface area contributed by atoms with Crippen LogP contribution in [0.2, 0.25) is 0 Å². The van der Waals surface area contributed by atoms with E-state index in [1.165, 1.54) is 18.2 Å². The number of thioether (sulfide) groups is 1. The number of rotatable bonds is 4. The van der Waals surface area contributed by atoms with Gasteiger partial charge in [-0.25, -0.2) is 4.79 Å². The van der Waals surface area contributed by atoms with Crippen molar-refractivity contribution in [2.24, 2.45) is 11.8 Å². The summed E-state index contributed by atoms with van der Waals surface area (Å²) in [4.78, 5) is 36.7. The predicted molar refractivity (Wildman–Crippen MR) is 100 cm³/mol. The molecule has 2 amide bonds. The zero-order valence-corrected chi connectivity index (χ0v) is 15.9. The molecule has 140 valence electrons. The van der Waals surface area contributed by atoms with Crippen LogP contribution in [0, 0.1) is 11.8 Å². The fourth-order valence-corrected chi connectivity index (χ4v) is 4.25. The second-order valence-electron chi connectivity index (χ2n) is 7.07. The Bertz CT molecular complexity index is 721. The lowest BCUT2D eigenvalue weighted by atomic mass is 9.78. The van der Waals surface area contributed by atoms with Gasteiger partial charge in [-0.05, 0) is 36.5 Å². The van der Waals surface area contributed by atoms with E-state index in [-0.39, 0.29) is 24.5 Å². The van der Waals surface area contributed by atoms with Crippen molar-refractivity contribution in [3.63, 3.8) is 0 Å². The Balaban J connectivity index is 1.53. The van der Waals surface area contributed by atoms with Crippen molar-refractivity contribution in [2.45, 2.75) is 44.0 Å². The van der Waals surface area contributed by atoms with Crippen LogP contribution in [0.4, 0.5) is 5.69 Å². The highest BCUT2D eigenvalue weighted by atomic mass is 32.2. The van der Waals surface area contributed by atoms with E-state index in [0.717, 1.165) is 17.7 Å². The third kappa shape index (κ3) is 4.38. The second kappa shape index (κ2) is 8.12. The van der Waals surface area contributed by atoms with Gasteiger partial charge in [0.1, 0.15) is 0 Å². The molecule has 1 aliphatic carbocycles. The van der Waals surface area contributed by atoms with E-state index < -0.39 is 5.97 Å². The van der Waals surface area contributed by atoms with E-state index >= 15 is 0 Å². The Morgan fingerprint density at radius 2 is 2.12 bits per heavy atom. The summed E-state index contributed by atoms with van der Waals surface area (Å²) in [6.45, 7) is 4.06. The summed E-state index contributed by atoms with van der Waals surface area (Å²) >= 11 is 1.43. The number of benzene rings is 1. The zero-order chi connectivity index (χ0) is 18.7. The van der Waals surface area contributed by atoms with Crippen molar-refractivity contribution in [3.05, 3.63) is 23.8 Å². The molecular weight excluding hydrogens is 352 g/mol. The number of amides is 2. The van der Waals surface area contributed by atoms with Crippen LogP contribution in [0.3, 0.4) is 0 Å². The molecule has 0 spiro atoms. The molecule has 3 atom stereocenters. The van der Waals surface area contributed by atoms with Crippen molar-refractivity contribution in [1.82, 2.24) is 5.32 Å². The average Bonchev–Trinajstić information content (AvgIpc) is 2.63. The van der Waals surface area contributed by atoms with Crippen molar-refractivity contribution in [2.75, 3.05) is 17.7 Å². The van der Waals surface area contributed by atoms with Crippen molar-refractivity contribution in [1.29, 1.82) is 0 Å². The van der Waals surface area contributed by atoms with Gasteiger partial charge >= 0.3 is 5.97 Å². The number of ether oxygens (including phenoxy) is 1. The molecule has 3 unspecified atom stereocenters. The highest BCUT2D eigenvalue weighted by molar-refractivity contribution is 8.00. The molecule has 1 aliphatic heterocycles. The second-order valence-corrected chi connectivity index (χ2v) is 8.08. The monoisotopic (exact) mass is 376 g/mol. The van der Waals surface area contributed by atoms with E-state index in [1.807, 2.05) is 0 Å². The lowest BCUT2D eigenvalue weighted by Gasteiger charge is -2.34. The number of anilines is 1. The van der Waals surface area contributed by atoms with Crippen LogP contribution in [-0.4, -0.2) is 36.2 Å². The summed E-state index contributed by atoms with van der Waals surface area (Å²) in [6.07, 6.45) is 3.26. The lowest BCUT2D eigenvalue weighted by Crippen LogP contribution is -2.45. The average molecular weight is 376 g/mol. The molecule has 1 aromatic rings. The molecule has 2 N–H and O–H groups in total. The summed E-state index contributed by atoms with van der Waals surface area (Å²) in [7, 11) is 0. The molecule has 6 nitrogen and oxygen atoms in total. The molecular formula is C19H24N2O4S. The molecule has 1 saturated carbocycles. The van der Waals surface area contributed by atoms with Gasteiger partial charge in [-0.15, -0.1) is 11.8 Å².